The maximum absolute atomic E-state index is 14.3. The van der Waals surface area contributed by atoms with Gasteiger partial charge in [0.2, 0.25) is 0 Å². The summed E-state index contributed by atoms with van der Waals surface area (Å²) >= 11 is 0. The lowest BCUT2D eigenvalue weighted by atomic mass is 10.1. The van der Waals surface area contributed by atoms with Crippen LogP contribution in [0.3, 0.4) is 0 Å². The Kier molecular flexibility index (Phi) is 9.99. The first-order valence-corrected chi connectivity index (χ1v) is 13.6. The number of benzene rings is 3. The number of nitrogens with two attached hydrogens (primary N) is 2. The van der Waals surface area contributed by atoms with Crippen molar-refractivity contribution in [2.24, 2.45) is 11.5 Å². The van der Waals surface area contributed by atoms with Crippen LogP contribution in [0, 0.1) is 11.2 Å². The minimum atomic E-state index is -0.348. The van der Waals surface area contributed by atoms with Gasteiger partial charge in [-0.3, -0.25) is 10.2 Å². The van der Waals surface area contributed by atoms with Gasteiger partial charge in [-0.25, -0.2) is 9.37 Å². The summed E-state index contributed by atoms with van der Waals surface area (Å²) in [5, 5.41) is 7.59. The number of nitrogens with zero attached hydrogens (tertiary/aromatic N) is 3. The molecule has 0 aliphatic rings. The average Bonchev–Trinajstić information content (AvgIpc) is 3.31. The van der Waals surface area contributed by atoms with Crippen molar-refractivity contribution in [3.63, 3.8) is 0 Å². The number of ether oxygens (including phenoxy) is 1. The molecule has 40 heavy (non-hydrogen) atoms. The predicted octanol–water partition coefficient (Wildman–Crippen LogP) is 4.27. The Morgan fingerprint density at radius 1 is 1.07 bits per heavy atom. The van der Waals surface area contributed by atoms with Gasteiger partial charge in [-0.1, -0.05) is 42.5 Å². The topological polar surface area (TPSA) is 123 Å². The molecule has 5 N–H and O–H groups in total. The van der Waals surface area contributed by atoms with E-state index in [4.69, 9.17) is 26.6 Å². The molecule has 3 aromatic carbocycles. The summed E-state index contributed by atoms with van der Waals surface area (Å²) in [6.07, 6.45) is 2.32. The van der Waals surface area contributed by atoms with E-state index < -0.39 is 0 Å². The van der Waals surface area contributed by atoms with Gasteiger partial charge in [-0.2, -0.15) is 0 Å². The predicted molar refractivity (Wildman–Crippen MR) is 156 cm³/mol. The van der Waals surface area contributed by atoms with Crippen LogP contribution in [-0.2, 0) is 30.7 Å². The second kappa shape index (κ2) is 13.8. The summed E-state index contributed by atoms with van der Waals surface area (Å²) < 4.78 is 22.1. The molecule has 0 unspecified atom stereocenters. The van der Waals surface area contributed by atoms with E-state index in [1.165, 1.54) is 6.07 Å². The van der Waals surface area contributed by atoms with Crippen LogP contribution in [0.1, 0.15) is 46.2 Å². The Bertz CT molecular complexity index is 1450. The van der Waals surface area contributed by atoms with Gasteiger partial charge in [0.05, 0.1) is 11.0 Å². The molecule has 0 atom stereocenters. The highest BCUT2D eigenvalue weighted by Gasteiger charge is 2.19. The molecule has 0 bridgehead atoms. The largest absolute Gasteiger partial charge is 0.384 e. The lowest BCUT2D eigenvalue weighted by molar-refractivity contribution is 0.0747. The van der Waals surface area contributed by atoms with Gasteiger partial charge in [0.25, 0.3) is 5.91 Å². The van der Waals surface area contributed by atoms with E-state index in [2.05, 4.69) is 4.57 Å². The molecular formula is C31H37FN6O2. The Balaban J connectivity index is 1.59. The highest BCUT2D eigenvalue weighted by atomic mass is 19.1. The zero-order chi connectivity index (χ0) is 28.5. The standard InChI is InChI=1S/C31H37FN6O2/c1-2-40-19-5-17-38-28-14-13-24(31(39)37(18-16-33)21-25-6-3-4-7-26(25)32)20-27(28)36-29(38)15-10-22-8-11-23(12-9-22)30(34)35/h3-4,6-9,11-14,20H,2,5,10,15-19,21,33H2,1H3,(H3,34,35). The number of carbonyl (C=O) groups excluding carboxylic acids is 1. The van der Waals surface area contributed by atoms with Crippen molar-refractivity contribution in [1.82, 2.24) is 14.5 Å². The van der Waals surface area contributed by atoms with Crippen LogP contribution in [0.15, 0.2) is 66.7 Å². The first-order chi connectivity index (χ1) is 19.4. The minimum absolute atomic E-state index is 0.0481. The molecule has 1 heterocycles. The van der Waals surface area contributed by atoms with Crippen molar-refractivity contribution in [3.8, 4) is 0 Å². The molecule has 0 spiro atoms. The van der Waals surface area contributed by atoms with Crippen molar-refractivity contribution >= 4 is 22.8 Å². The molecule has 1 aromatic heterocycles. The van der Waals surface area contributed by atoms with E-state index in [0.717, 1.165) is 41.8 Å². The maximum atomic E-state index is 14.3. The van der Waals surface area contributed by atoms with Crippen LogP contribution in [0.25, 0.3) is 11.0 Å². The molecule has 9 heteroatoms. The van der Waals surface area contributed by atoms with Crippen molar-refractivity contribution in [2.45, 2.75) is 39.3 Å². The lowest BCUT2D eigenvalue weighted by Crippen LogP contribution is -2.35. The normalized spacial score (nSPS) is 11.2. The number of hydrogen-bond acceptors (Lipinski definition) is 5. The number of hydrogen-bond donors (Lipinski definition) is 3. The summed E-state index contributed by atoms with van der Waals surface area (Å²) in [5.41, 5.74) is 15.8. The Morgan fingerprint density at radius 2 is 1.82 bits per heavy atom. The van der Waals surface area contributed by atoms with Gasteiger partial charge in [0, 0.05) is 62.5 Å². The van der Waals surface area contributed by atoms with Gasteiger partial charge in [0.1, 0.15) is 17.5 Å². The van der Waals surface area contributed by atoms with Crippen LogP contribution in [-0.4, -0.2) is 52.5 Å². The number of nitrogens with one attached hydrogen (secondary N) is 1. The molecule has 0 aliphatic heterocycles. The van der Waals surface area contributed by atoms with Crippen LogP contribution in [0.5, 0.6) is 0 Å². The summed E-state index contributed by atoms with van der Waals surface area (Å²) in [5.74, 6) is 0.414. The number of halogens is 1. The molecule has 0 radical (unpaired) electrons. The molecule has 210 valence electrons. The highest BCUT2D eigenvalue weighted by molar-refractivity contribution is 5.97. The van der Waals surface area contributed by atoms with E-state index in [-0.39, 0.29) is 30.6 Å². The SMILES string of the molecule is CCOCCCn1c(CCc2ccc(C(=N)N)cc2)nc2cc(C(=O)N(CCN)Cc3ccccc3F)ccc21. The summed E-state index contributed by atoms with van der Waals surface area (Å²) in [7, 11) is 0. The van der Waals surface area contributed by atoms with Gasteiger partial charge in [-0.05, 0) is 49.6 Å². The number of amides is 1. The zero-order valence-corrected chi connectivity index (χ0v) is 22.9. The molecule has 4 rings (SSSR count). The second-order valence-electron chi connectivity index (χ2n) is 9.65. The Hall–Kier alpha value is -4.08. The van der Waals surface area contributed by atoms with Crippen LogP contribution >= 0.6 is 0 Å². The minimum Gasteiger partial charge on any atom is -0.384 e. The smallest absolute Gasteiger partial charge is 0.254 e. The van der Waals surface area contributed by atoms with Crippen LogP contribution in [0.2, 0.25) is 0 Å². The molecule has 4 aromatic rings. The van der Waals surface area contributed by atoms with Crippen molar-refractivity contribution < 1.29 is 13.9 Å². The second-order valence-corrected chi connectivity index (χ2v) is 9.65. The molecule has 0 fully saturated rings. The van der Waals surface area contributed by atoms with E-state index in [1.807, 2.05) is 43.3 Å². The fourth-order valence-corrected chi connectivity index (χ4v) is 4.75. The number of amidine groups is 1. The first kappa shape index (κ1) is 28.9. The summed E-state index contributed by atoms with van der Waals surface area (Å²) in [6, 6.07) is 19.7. The number of fused-ring (bicyclic) bond motifs is 1. The van der Waals surface area contributed by atoms with Crippen molar-refractivity contribution in [1.29, 1.82) is 5.41 Å². The summed E-state index contributed by atoms with van der Waals surface area (Å²) in [4.78, 5) is 20.0. The Labute approximate surface area is 234 Å². The third-order valence-electron chi connectivity index (χ3n) is 6.86. The third kappa shape index (κ3) is 7.11. The molecule has 1 amide bonds. The van der Waals surface area contributed by atoms with Gasteiger partial charge >= 0.3 is 0 Å². The third-order valence-corrected chi connectivity index (χ3v) is 6.86. The van der Waals surface area contributed by atoms with E-state index >= 15 is 0 Å². The highest BCUT2D eigenvalue weighted by Crippen LogP contribution is 2.22. The number of rotatable bonds is 14. The average molecular weight is 545 g/mol. The Morgan fingerprint density at radius 3 is 2.52 bits per heavy atom. The van der Waals surface area contributed by atoms with Crippen molar-refractivity contribution in [3.05, 3.63) is 101 Å². The molecule has 0 aliphatic carbocycles. The first-order valence-electron chi connectivity index (χ1n) is 13.6. The fourth-order valence-electron chi connectivity index (χ4n) is 4.75. The van der Waals surface area contributed by atoms with Gasteiger partial charge in [0.15, 0.2) is 0 Å². The maximum Gasteiger partial charge on any atom is 0.254 e. The van der Waals surface area contributed by atoms with E-state index in [1.54, 1.807) is 29.2 Å². The monoisotopic (exact) mass is 544 g/mol. The molecule has 0 saturated carbocycles. The number of carbonyl (C=O) groups is 1. The van der Waals surface area contributed by atoms with Crippen LogP contribution in [0.4, 0.5) is 4.39 Å². The quantitative estimate of drug-likeness (QED) is 0.124. The summed E-state index contributed by atoms with van der Waals surface area (Å²) in [6.45, 7) is 4.77. The van der Waals surface area contributed by atoms with Crippen LogP contribution < -0.4 is 11.5 Å². The molecule has 8 nitrogen and oxygen atoms in total. The number of imidazole rings is 1. The zero-order valence-electron chi connectivity index (χ0n) is 22.9. The van der Waals surface area contributed by atoms with Gasteiger partial charge in [-0.15, -0.1) is 0 Å². The van der Waals surface area contributed by atoms with E-state index in [9.17, 15) is 9.18 Å². The van der Waals surface area contributed by atoms with Crippen molar-refractivity contribution in [2.75, 3.05) is 26.3 Å². The molecular weight excluding hydrogens is 507 g/mol. The number of aromatic nitrogens is 2. The molecule has 0 saturated heterocycles. The lowest BCUT2D eigenvalue weighted by Gasteiger charge is -2.22. The van der Waals surface area contributed by atoms with E-state index in [0.29, 0.717) is 42.9 Å². The fraction of sp³-hybridized carbons (Fsp3) is 0.323. The number of aryl methyl sites for hydroxylation is 3. The number of nitrogen functional groups attached to an aromatic ring is 1. The van der Waals surface area contributed by atoms with Gasteiger partial charge < -0.3 is 25.7 Å².